The maximum absolute atomic E-state index is 5.77. The van der Waals surface area contributed by atoms with Crippen molar-refractivity contribution in [3.63, 3.8) is 0 Å². The Labute approximate surface area is 101 Å². The molecule has 0 heterocycles. The van der Waals surface area contributed by atoms with E-state index >= 15 is 0 Å². The van der Waals surface area contributed by atoms with E-state index in [4.69, 9.17) is 11.5 Å². The molecule has 4 N–H and O–H groups in total. The van der Waals surface area contributed by atoms with Gasteiger partial charge in [-0.15, -0.1) is 12.4 Å². The molecule has 0 unspecified atom stereocenters. The Morgan fingerprint density at radius 3 is 1.62 bits per heavy atom. The maximum atomic E-state index is 5.77. The molecule has 0 saturated carbocycles. The Hall–Kier alpha value is -1.67. The molecule has 0 saturated heterocycles. The van der Waals surface area contributed by atoms with Gasteiger partial charge in [0, 0.05) is 11.4 Å². The average Bonchev–Trinajstić information content (AvgIpc) is 2.53. The van der Waals surface area contributed by atoms with Gasteiger partial charge in [0.2, 0.25) is 0 Å². The first-order chi connectivity index (χ1) is 7.24. The Bertz CT molecular complexity index is 500. The summed E-state index contributed by atoms with van der Waals surface area (Å²) in [5.74, 6) is 0. The first-order valence-corrected chi connectivity index (χ1v) is 5.01. The monoisotopic (exact) mass is 232 g/mol. The van der Waals surface area contributed by atoms with Crippen LogP contribution in [0.3, 0.4) is 0 Å². The minimum Gasteiger partial charge on any atom is -0.399 e. The number of hydrogen-bond donors (Lipinski definition) is 2. The smallest absolute Gasteiger partial charge is 0.0317 e. The summed E-state index contributed by atoms with van der Waals surface area (Å²) in [6, 6.07) is 12.2. The highest BCUT2D eigenvalue weighted by atomic mass is 35.5. The number of anilines is 2. The number of rotatable bonds is 0. The van der Waals surface area contributed by atoms with E-state index in [1.807, 2.05) is 24.3 Å². The fourth-order valence-corrected chi connectivity index (χ4v) is 2.25. The summed E-state index contributed by atoms with van der Waals surface area (Å²) < 4.78 is 0. The molecule has 0 radical (unpaired) electrons. The highest BCUT2D eigenvalue weighted by Crippen LogP contribution is 2.38. The van der Waals surface area contributed by atoms with Crippen molar-refractivity contribution in [1.29, 1.82) is 0 Å². The van der Waals surface area contributed by atoms with Crippen LogP contribution in [0.4, 0.5) is 11.4 Å². The van der Waals surface area contributed by atoms with Crippen molar-refractivity contribution in [2.24, 2.45) is 0 Å². The Kier molecular flexibility index (Phi) is 2.52. The van der Waals surface area contributed by atoms with Crippen LogP contribution < -0.4 is 11.5 Å². The van der Waals surface area contributed by atoms with Gasteiger partial charge in [0.15, 0.2) is 0 Å². The van der Waals surface area contributed by atoms with Crippen LogP contribution >= 0.6 is 12.4 Å². The average molecular weight is 233 g/mol. The number of halogens is 1. The molecule has 2 aromatic carbocycles. The Morgan fingerprint density at radius 2 is 1.19 bits per heavy atom. The topological polar surface area (TPSA) is 52.0 Å². The van der Waals surface area contributed by atoms with Gasteiger partial charge in [-0.05, 0) is 52.9 Å². The highest BCUT2D eigenvalue weighted by molar-refractivity contribution is 5.85. The molecule has 0 bridgehead atoms. The molecule has 3 heteroatoms. The molecule has 2 aromatic rings. The fourth-order valence-electron chi connectivity index (χ4n) is 2.25. The molecule has 0 aromatic heterocycles. The van der Waals surface area contributed by atoms with Crippen LogP contribution in [0, 0.1) is 0 Å². The molecular weight excluding hydrogens is 220 g/mol. The third kappa shape index (κ3) is 1.51. The van der Waals surface area contributed by atoms with Gasteiger partial charge in [-0.3, -0.25) is 0 Å². The fraction of sp³-hybridized carbons (Fsp3) is 0.0769. The second-order valence-electron chi connectivity index (χ2n) is 4.01. The predicted octanol–water partition coefficient (Wildman–Crippen LogP) is 2.84. The molecule has 3 rings (SSSR count). The molecule has 16 heavy (non-hydrogen) atoms. The van der Waals surface area contributed by atoms with Crippen LogP contribution in [0.1, 0.15) is 11.1 Å². The van der Waals surface area contributed by atoms with Gasteiger partial charge >= 0.3 is 0 Å². The summed E-state index contributed by atoms with van der Waals surface area (Å²) in [5.41, 5.74) is 18.4. The summed E-state index contributed by atoms with van der Waals surface area (Å²) in [7, 11) is 0. The van der Waals surface area contributed by atoms with Gasteiger partial charge in [0.1, 0.15) is 0 Å². The summed E-state index contributed by atoms with van der Waals surface area (Å²) in [6.07, 6.45) is 0.945. The number of nitrogens with two attached hydrogens (primary N) is 2. The minimum atomic E-state index is 0. The van der Waals surface area contributed by atoms with Crippen LogP contribution in [0.25, 0.3) is 11.1 Å². The van der Waals surface area contributed by atoms with Crippen molar-refractivity contribution < 1.29 is 0 Å². The zero-order valence-electron chi connectivity index (χ0n) is 8.73. The second kappa shape index (κ2) is 3.72. The summed E-state index contributed by atoms with van der Waals surface area (Å²) in [4.78, 5) is 0. The minimum absolute atomic E-state index is 0. The van der Waals surface area contributed by atoms with Gasteiger partial charge in [-0.1, -0.05) is 12.1 Å². The van der Waals surface area contributed by atoms with Crippen LogP contribution in [-0.4, -0.2) is 0 Å². The first kappa shape index (κ1) is 10.8. The third-order valence-electron chi connectivity index (χ3n) is 2.93. The first-order valence-electron chi connectivity index (χ1n) is 5.01. The van der Waals surface area contributed by atoms with E-state index in [1.165, 1.54) is 22.3 Å². The highest BCUT2D eigenvalue weighted by Gasteiger charge is 2.17. The quantitative estimate of drug-likeness (QED) is 0.586. The third-order valence-corrected chi connectivity index (χ3v) is 2.93. The summed E-state index contributed by atoms with van der Waals surface area (Å²) in [5, 5.41) is 0. The van der Waals surface area contributed by atoms with Gasteiger partial charge in [0.25, 0.3) is 0 Å². The number of fused-ring (bicyclic) bond motifs is 3. The lowest BCUT2D eigenvalue weighted by molar-refractivity contribution is 1.27. The summed E-state index contributed by atoms with van der Waals surface area (Å²) in [6.45, 7) is 0. The van der Waals surface area contributed by atoms with Crippen LogP contribution in [-0.2, 0) is 6.42 Å². The van der Waals surface area contributed by atoms with E-state index in [-0.39, 0.29) is 12.4 Å². The molecular formula is C13H13ClN2. The Morgan fingerprint density at radius 1 is 0.750 bits per heavy atom. The normalized spacial score (nSPS) is 11.5. The molecule has 0 aliphatic heterocycles. The van der Waals surface area contributed by atoms with Gasteiger partial charge in [0.05, 0.1) is 0 Å². The molecule has 0 amide bonds. The number of hydrogen-bond acceptors (Lipinski definition) is 2. The Balaban J connectivity index is 0.000000963. The van der Waals surface area contributed by atoms with Gasteiger partial charge in [-0.2, -0.15) is 0 Å². The van der Waals surface area contributed by atoms with E-state index in [9.17, 15) is 0 Å². The second-order valence-corrected chi connectivity index (χ2v) is 4.01. The molecule has 82 valence electrons. The van der Waals surface area contributed by atoms with E-state index in [1.54, 1.807) is 0 Å². The standard InChI is InChI=1S/C13H12N2.ClH/c14-10-1-3-12-8(6-10)5-9-7-11(15)2-4-13(9)12;/h1-4,6-7H,5,14-15H2;1H. The van der Waals surface area contributed by atoms with E-state index < -0.39 is 0 Å². The van der Waals surface area contributed by atoms with Crippen molar-refractivity contribution >= 4 is 23.8 Å². The number of nitrogen functional groups attached to an aromatic ring is 2. The number of benzene rings is 2. The van der Waals surface area contributed by atoms with Gasteiger partial charge < -0.3 is 11.5 Å². The van der Waals surface area contributed by atoms with Crippen molar-refractivity contribution in [1.82, 2.24) is 0 Å². The molecule has 1 aliphatic carbocycles. The molecule has 2 nitrogen and oxygen atoms in total. The van der Waals surface area contributed by atoms with Crippen LogP contribution in [0.5, 0.6) is 0 Å². The lowest BCUT2D eigenvalue weighted by atomic mass is 10.1. The maximum Gasteiger partial charge on any atom is 0.0317 e. The van der Waals surface area contributed by atoms with Crippen LogP contribution in [0.15, 0.2) is 36.4 Å². The zero-order chi connectivity index (χ0) is 10.4. The van der Waals surface area contributed by atoms with E-state index in [0.717, 1.165) is 17.8 Å². The van der Waals surface area contributed by atoms with E-state index in [2.05, 4.69) is 12.1 Å². The predicted molar refractivity (Wildman–Crippen MR) is 70.8 cm³/mol. The molecule has 0 spiro atoms. The van der Waals surface area contributed by atoms with Crippen LogP contribution in [0.2, 0.25) is 0 Å². The largest absolute Gasteiger partial charge is 0.399 e. The SMILES string of the molecule is Cl.Nc1ccc2c(c1)Cc1cc(N)ccc1-2. The van der Waals surface area contributed by atoms with Gasteiger partial charge in [-0.25, -0.2) is 0 Å². The van der Waals surface area contributed by atoms with Crippen molar-refractivity contribution in [3.8, 4) is 11.1 Å². The lowest BCUT2D eigenvalue weighted by Crippen LogP contribution is -1.87. The lowest BCUT2D eigenvalue weighted by Gasteiger charge is -2.01. The zero-order valence-corrected chi connectivity index (χ0v) is 9.55. The van der Waals surface area contributed by atoms with Crippen molar-refractivity contribution in [2.45, 2.75) is 6.42 Å². The molecule has 0 fully saturated rings. The summed E-state index contributed by atoms with van der Waals surface area (Å²) >= 11 is 0. The van der Waals surface area contributed by atoms with Crippen molar-refractivity contribution in [2.75, 3.05) is 11.5 Å². The van der Waals surface area contributed by atoms with E-state index in [0.29, 0.717) is 0 Å². The van der Waals surface area contributed by atoms with Crippen molar-refractivity contribution in [3.05, 3.63) is 47.5 Å². The molecule has 1 aliphatic rings. The molecule has 0 atom stereocenters.